The van der Waals surface area contributed by atoms with Gasteiger partial charge in [-0.3, -0.25) is 0 Å². The lowest BCUT2D eigenvalue weighted by atomic mass is 10.1. The van der Waals surface area contributed by atoms with E-state index < -0.39 is 11.7 Å². The summed E-state index contributed by atoms with van der Waals surface area (Å²) >= 11 is 1.57. The number of halogens is 3. The van der Waals surface area contributed by atoms with Crippen molar-refractivity contribution in [1.29, 1.82) is 5.26 Å². The fraction of sp³-hybridized carbons (Fsp3) is 0.462. The molecule has 0 saturated heterocycles. The highest BCUT2D eigenvalue weighted by molar-refractivity contribution is 7.99. The van der Waals surface area contributed by atoms with Gasteiger partial charge in [-0.05, 0) is 38.3 Å². The first-order valence-corrected chi connectivity index (χ1v) is 6.82. The molecule has 2 nitrogen and oxygen atoms in total. The van der Waals surface area contributed by atoms with Gasteiger partial charge >= 0.3 is 6.18 Å². The second-order valence-corrected chi connectivity index (χ2v) is 6.20. The number of hydrogen-bond donors (Lipinski definition) is 1. The zero-order valence-electron chi connectivity index (χ0n) is 10.9. The van der Waals surface area contributed by atoms with Crippen LogP contribution in [0.1, 0.15) is 25.0 Å². The average Bonchev–Trinajstić information content (AvgIpc) is 2.35. The van der Waals surface area contributed by atoms with Gasteiger partial charge in [0.05, 0.1) is 17.2 Å². The monoisotopic (exact) mass is 288 g/mol. The molecule has 1 N–H and O–H groups in total. The molecule has 19 heavy (non-hydrogen) atoms. The highest BCUT2D eigenvalue weighted by Gasteiger charge is 2.34. The van der Waals surface area contributed by atoms with E-state index in [-0.39, 0.29) is 16.0 Å². The average molecular weight is 288 g/mol. The van der Waals surface area contributed by atoms with Crippen molar-refractivity contribution >= 4 is 17.4 Å². The van der Waals surface area contributed by atoms with Crippen LogP contribution in [0.2, 0.25) is 0 Å². The molecule has 0 aliphatic heterocycles. The first kappa shape index (κ1) is 15.7. The number of benzene rings is 1. The number of alkyl halides is 3. The van der Waals surface area contributed by atoms with E-state index in [1.54, 1.807) is 17.8 Å². The summed E-state index contributed by atoms with van der Waals surface area (Å²) in [5.41, 5.74) is -0.793. The minimum absolute atomic E-state index is 0.00185. The normalized spacial score (nSPS) is 12.1. The summed E-state index contributed by atoms with van der Waals surface area (Å²) in [7, 11) is 0. The maximum Gasteiger partial charge on any atom is 0.418 e. The van der Waals surface area contributed by atoms with Crippen molar-refractivity contribution in [2.24, 2.45) is 0 Å². The molecule has 0 aliphatic carbocycles. The van der Waals surface area contributed by atoms with E-state index in [0.717, 1.165) is 6.07 Å². The fourth-order valence-corrected chi connectivity index (χ4v) is 1.60. The van der Waals surface area contributed by atoms with Gasteiger partial charge in [-0.25, -0.2) is 0 Å². The number of anilines is 1. The smallest absolute Gasteiger partial charge is 0.383 e. The van der Waals surface area contributed by atoms with Gasteiger partial charge in [0, 0.05) is 17.0 Å². The third-order valence-electron chi connectivity index (χ3n) is 2.71. The number of nitrogens with one attached hydrogen (secondary N) is 1. The summed E-state index contributed by atoms with van der Waals surface area (Å²) in [5, 5.41) is 11.5. The molecule has 1 rings (SSSR count). The quantitative estimate of drug-likeness (QED) is 0.905. The first-order chi connectivity index (χ1) is 8.69. The fourth-order valence-electron chi connectivity index (χ4n) is 1.38. The summed E-state index contributed by atoms with van der Waals surface area (Å²) in [6.07, 6.45) is -2.57. The molecular weight excluding hydrogens is 273 g/mol. The Morgan fingerprint density at radius 2 is 1.95 bits per heavy atom. The maximum atomic E-state index is 12.9. The molecule has 0 fully saturated rings. The summed E-state index contributed by atoms with van der Waals surface area (Å²) < 4.78 is 38.6. The number of hydrogen-bond acceptors (Lipinski definition) is 3. The van der Waals surface area contributed by atoms with E-state index >= 15 is 0 Å². The van der Waals surface area contributed by atoms with Crippen molar-refractivity contribution in [3.05, 3.63) is 29.3 Å². The van der Waals surface area contributed by atoms with Gasteiger partial charge in [0.15, 0.2) is 0 Å². The molecule has 0 radical (unpaired) electrons. The van der Waals surface area contributed by atoms with E-state index in [2.05, 4.69) is 5.32 Å². The van der Waals surface area contributed by atoms with Crippen LogP contribution < -0.4 is 5.32 Å². The molecule has 0 spiro atoms. The van der Waals surface area contributed by atoms with Crippen molar-refractivity contribution in [1.82, 2.24) is 0 Å². The molecular formula is C13H15F3N2S. The van der Waals surface area contributed by atoms with Crippen molar-refractivity contribution < 1.29 is 13.2 Å². The zero-order chi connectivity index (χ0) is 14.7. The lowest BCUT2D eigenvalue weighted by Gasteiger charge is -2.24. The Bertz CT molecular complexity index is 490. The zero-order valence-corrected chi connectivity index (χ0v) is 11.7. The molecule has 6 heteroatoms. The predicted molar refractivity (Wildman–Crippen MR) is 72.2 cm³/mol. The largest absolute Gasteiger partial charge is 0.418 e. The highest BCUT2D eigenvalue weighted by Crippen LogP contribution is 2.36. The van der Waals surface area contributed by atoms with Crippen molar-refractivity contribution in [3.63, 3.8) is 0 Å². The van der Waals surface area contributed by atoms with Crippen LogP contribution in [-0.4, -0.2) is 17.5 Å². The lowest BCUT2D eigenvalue weighted by Crippen LogP contribution is -2.26. The van der Waals surface area contributed by atoms with Gasteiger partial charge in [0.1, 0.15) is 0 Å². The van der Waals surface area contributed by atoms with Crippen molar-refractivity contribution in [2.45, 2.75) is 24.8 Å². The molecule has 0 unspecified atom stereocenters. The molecule has 1 aromatic carbocycles. The van der Waals surface area contributed by atoms with E-state index in [9.17, 15) is 13.2 Å². The number of nitrogens with zero attached hydrogens (tertiary/aromatic N) is 1. The number of thioether (sulfide) groups is 1. The molecule has 0 aromatic heterocycles. The molecule has 0 amide bonds. The second kappa shape index (κ2) is 5.74. The van der Waals surface area contributed by atoms with Gasteiger partial charge in [-0.2, -0.15) is 30.2 Å². The molecule has 0 aliphatic rings. The number of nitriles is 1. The molecule has 1 aromatic rings. The Labute approximate surface area is 115 Å². The van der Waals surface area contributed by atoms with Crippen molar-refractivity contribution in [3.8, 4) is 6.07 Å². The van der Waals surface area contributed by atoms with Crippen LogP contribution in [0.3, 0.4) is 0 Å². The summed E-state index contributed by atoms with van der Waals surface area (Å²) in [4.78, 5) is 0. The van der Waals surface area contributed by atoms with E-state index in [1.165, 1.54) is 12.1 Å². The number of rotatable bonds is 4. The lowest BCUT2D eigenvalue weighted by molar-refractivity contribution is -0.137. The van der Waals surface area contributed by atoms with Gasteiger partial charge in [-0.15, -0.1) is 0 Å². The SMILES string of the molecule is CSC(C)(C)CNc1ccc(C#N)cc1C(F)(F)F. The van der Waals surface area contributed by atoms with Gasteiger partial charge in [-0.1, -0.05) is 0 Å². The van der Waals surface area contributed by atoms with Gasteiger partial charge < -0.3 is 5.32 Å². The third kappa shape index (κ3) is 4.35. The summed E-state index contributed by atoms with van der Waals surface area (Å²) in [6.45, 7) is 4.30. The topological polar surface area (TPSA) is 35.8 Å². The Balaban J connectivity index is 3.05. The standard InChI is InChI=1S/C13H15F3N2S/c1-12(2,19-3)8-18-11-5-4-9(7-17)6-10(11)13(14,15)16/h4-6,18H,8H2,1-3H3. The molecule has 0 bridgehead atoms. The van der Waals surface area contributed by atoms with Gasteiger partial charge in [0.2, 0.25) is 0 Å². The molecule has 0 heterocycles. The molecule has 0 atom stereocenters. The third-order valence-corrected chi connectivity index (χ3v) is 3.96. The van der Waals surface area contributed by atoms with Crippen LogP contribution in [0.15, 0.2) is 18.2 Å². The Morgan fingerprint density at radius 3 is 2.42 bits per heavy atom. The summed E-state index contributed by atoms with van der Waals surface area (Å²) in [6, 6.07) is 5.27. The van der Waals surface area contributed by atoms with Crippen molar-refractivity contribution in [2.75, 3.05) is 18.1 Å². The highest BCUT2D eigenvalue weighted by atomic mass is 32.2. The van der Waals surface area contributed by atoms with Crippen LogP contribution in [-0.2, 0) is 6.18 Å². The van der Waals surface area contributed by atoms with Crippen LogP contribution in [0.5, 0.6) is 0 Å². The minimum atomic E-state index is -4.47. The molecule has 0 saturated carbocycles. The van der Waals surface area contributed by atoms with E-state index in [0.29, 0.717) is 6.54 Å². The maximum absolute atomic E-state index is 12.9. The van der Waals surface area contributed by atoms with Crippen LogP contribution >= 0.6 is 11.8 Å². The van der Waals surface area contributed by atoms with Crippen LogP contribution in [0, 0.1) is 11.3 Å². The Kier molecular flexibility index (Phi) is 4.75. The van der Waals surface area contributed by atoms with Gasteiger partial charge in [0.25, 0.3) is 0 Å². The summed E-state index contributed by atoms with van der Waals surface area (Å²) in [5.74, 6) is 0. The van der Waals surface area contributed by atoms with Crippen LogP contribution in [0.25, 0.3) is 0 Å². The van der Waals surface area contributed by atoms with Crippen LogP contribution in [0.4, 0.5) is 18.9 Å². The predicted octanol–water partition coefficient (Wildman–Crippen LogP) is 4.13. The minimum Gasteiger partial charge on any atom is -0.383 e. The van der Waals surface area contributed by atoms with E-state index in [4.69, 9.17) is 5.26 Å². The first-order valence-electron chi connectivity index (χ1n) is 5.60. The second-order valence-electron chi connectivity index (χ2n) is 4.69. The Hall–Kier alpha value is -1.35. The Morgan fingerprint density at radius 1 is 1.32 bits per heavy atom. The van der Waals surface area contributed by atoms with E-state index in [1.807, 2.05) is 20.1 Å². The molecule has 104 valence electrons.